The van der Waals surface area contributed by atoms with Crippen molar-refractivity contribution in [1.29, 1.82) is 0 Å². The van der Waals surface area contributed by atoms with E-state index in [1.54, 1.807) is 55.7 Å². The number of halogens is 1. The second kappa shape index (κ2) is 10.6. The van der Waals surface area contributed by atoms with Crippen molar-refractivity contribution < 1.29 is 27.1 Å². The van der Waals surface area contributed by atoms with Crippen molar-refractivity contribution in [3.8, 4) is 11.5 Å². The molecule has 0 spiro atoms. The first-order valence-corrected chi connectivity index (χ1v) is 14.9. The third-order valence-corrected chi connectivity index (χ3v) is 10.8. The number of thiazole rings is 1. The molecule has 1 fully saturated rings. The number of benzene rings is 1. The molecule has 1 amide bonds. The van der Waals surface area contributed by atoms with Gasteiger partial charge in [0.15, 0.2) is 5.13 Å². The van der Waals surface area contributed by atoms with Gasteiger partial charge in [-0.15, -0.1) is 11.3 Å². The van der Waals surface area contributed by atoms with Crippen LogP contribution in [0.4, 0.5) is 5.13 Å². The number of fused-ring (bicyclic) bond motifs is 1. The zero-order valence-electron chi connectivity index (χ0n) is 20.0. The Bertz CT molecular complexity index is 1470. The van der Waals surface area contributed by atoms with Crippen molar-refractivity contribution in [2.45, 2.75) is 23.6 Å². The van der Waals surface area contributed by atoms with Gasteiger partial charge < -0.3 is 13.9 Å². The maximum absolute atomic E-state index is 14.0. The van der Waals surface area contributed by atoms with E-state index in [0.717, 1.165) is 16.0 Å². The van der Waals surface area contributed by atoms with Gasteiger partial charge in [-0.3, -0.25) is 9.69 Å². The Morgan fingerprint density at radius 2 is 1.97 bits per heavy atom. The van der Waals surface area contributed by atoms with Crippen LogP contribution in [-0.4, -0.2) is 50.9 Å². The minimum absolute atomic E-state index is 0.0723. The quantitative estimate of drug-likeness (QED) is 0.280. The van der Waals surface area contributed by atoms with E-state index in [0.29, 0.717) is 51.6 Å². The number of thiophene rings is 1. The molecule has 4 aromatic rings. The molecule has 4 heterocycles. The minimum atomic E-state index is -3.75. The van der Waals surface area contributed by atoms with Crippen LogP contribution >= 0.6 is 34.3 Å². The first-order valence-electron chi connectivity index (χ1n) is 11.4. The zero-order valence-corrected chi connectivity index (χ0v) is 23.3. The number of carbonyl (C=O) groups is 1. The van der Waals surface area contributed by atoms with Crippen LogP contribution in [0.3, 0.4) is 0 Å². The largest absolute Gasteiger partial charge is 0.495 e. The normalized spacial score (nSPS) is 16.7. The SMILES string of the molecule is COc1ccc(OC)c2sc(N(Cc3ccco3)C(=O)C3CCCN(S(=O)(=O)c4ccc(Cl)s4)C3)nc12. The summed E-state index contributed by atoms with van der Waals surface area (Å²) in [6.45, 7) is 0.568. The number of furan rings is 1. The monoisotopic (exact) mass is 581 g/mol. The summed E-state index contributed by atoms with van der Waals surface area (Å²) in [5.74, 6) is 0.991. The Hall–Kier alpha value is -2.64. The van der Waals surface area contributed by atoms with E-state index in [-0.39, 0.29) is 23.2 Å². The molecular formula is C24H24ClN3O6S3. The summed E-state index contributed by atoms with van der Waals surface area (Å²) in [5, 5.41) is 0.448. The van der Waals surface area contributed by atoms with Gasteiger partial charge in [-0.05, 0) is 49.2 Å². The lowest BCUT2D eigenvalue weighted by Gasteiger charge is -2.33. The van der Waals surface area contributed by atoms with Gasteiger partial charge in [-0.1, -0.05) is 22.9 Å². The summed E-state index contributed by atoms with van der Waals surface area (Å²) in [6, 6.07) is 10.2. The Kier molecular flexibility index (Phi) is 7.46. The lowest BCUT2D eigenvalue weighted by molar-refractivity contribution is -0.123. The fraction of sp³-hybridized carbons (Fsp3) is 0.333. The van der Waals surface area contributed by atoms with E-state index < -0.39 is 15.9 Å². The molecule has 1 aromatic carbocycles. The van der Waals surface area contributed by atoms with Gasteiger partial charge in [-0.25, -0.2) is 13.4 Å². The van der Waals surface area contributed by atoms with E-state index in [1.807, 2.05) is 0 Å². The van der Waals surface area contributed by atoms with Gasteiger partial charge in [0.05, 0.1) is 37.3 Å². The lowest BCUT2D eigenvalue weighted by Crippen LogP contribution is -2.46. The molecule has 196 valence electrons. The van der Waals surface area contributed by atoms with Crippen LogP contribution in [0.5, 0.6) is 11.5 Å². The van der Waals surface area contributed by atoms with Gasteiger partial charge in [-0.2, -0.15) is 4.31 Å². The zero-order chi connectivity index (χ0) is 26.2. The highest BCUT2D eigenvalue weighted by Crippen LogP contribution is 2.41. The molecule has 37 heavy (non-hydrogen) atoms. The number of rotatable bonds is 8. The minimum Gasteiger partial charge on any atom is -0.495 e. The van der Waals surface area contributed by atoms with Crippen molar-refractivity contribution in [1.82, 2.24) is 9.29 Å². The standard InChI is InChI=1S/C24H24ClN3O6S3/c1-32-17-7-8-18(33-2)22-21(17)26-24(36-22)28(14-16-6-4-12-34-16)23(29)15-5-3-11-27(13-15)37(30,31)20-10-9-19(25)35-20/h4,6-10,12,15H,3,5,11,13-14H2,1-2H3. The summed E-state index contributed by atoms with van der Waals surface area (Å²) in [6.07, 6.45) is 2.66. The average molecular weight is 582 g/mol. The van der Waals surface area contributed by atoms with Crippen LogP contribution in [-0.2, 0) is 21.4 Å². The Balaban J connectivity index is 1.49. The molecule has 0 saturated carbocycles. The number of aromatic nitrogens is 1. The van der Waals surface area contributed by atoms with Crippen LogP contribution in [0.15, 0.2) is 51.3 Å². The molecule has 1 unspecified atom stereocenters. The molecule has 5 rings (SSSR count). The fourth-order valence-electron chi connectivity index (χ4n) is 4.33. The number of anilines is 1. The topological polar surface area (TPSA) is 102 Å². The van der Waals surface area contributed by atoms with Crippen LogP contribution in [0.2, 0.25) is 4.34 Å². The van der Waals surface area contributed by atoms with E-state index in [1.165, 1.54) is 21.7 Å². The number of ether oxygens (including phenoxy) is 2. The average Bonchev–Trinajstić information content (AvgIpc) is 3.67. The molecule has 1 aliphatic rings. The van der Waals surface area contributed by atoms with Gasteiger partial charge in [0.2, 0.25) is 5.91 Å². The number of hydrogen-bond donors (Lipinski definition) is 0. The fourth-order valence-corrected chi connectivity index (χ4v) is 8.57. The summed E-state index contributed by atoms with van der Waals surface area (Å²) >= 11 is 8.30. The molecule has 9 nitrogen and oxygen atoms in total. The smallest absolute Gasteiger partial charge is 0.252 e. The lowest BCUT2D eigenvalue weighted by atomic mass is 9.98. The van der Waals surface area contributed by atoms with Crippen molar-refractivity contribution in [3.05, 3.63) is 52.8 Å². The number of amides is 1. The Morgan fingerprint density at radius 1 is 1.19 bits per heavy atom. The summed E-state index contributed by atoms with van der Waals surface area (Å²) in [5.41, 5.74) is 0.585. The number of carbonyl (C=O) groups excluding carboxylic acids is 1. The maximum Gasteiger partial charge on any atom is 0.252 e. The molecule has 0 aliphatic carbocycles. The molecule has 1 aliphatic heterocycles. The summed E-state index contributed by atoms with van der Waals surface area (Å²) in [7, 11) is -0.621. The van der Waals surface area contributed by atoms with E-state index in [2.05, 4.69) is 0 Å². The molecule has 0 radical (unpaired) electrons. The number of hydrogen-bond acceptors (Lipinski definition) is 9. The molecule has 1 atom stereocenters. The van der Waals surface area contributed by atoms with Crippen LogP contribution in [0.1, 0.15) is 18.6 Å². The third kappa shape index (κ3) is 5.08. The van der Waals surface area contributed by atoms with Gasteiger partial charge in [0.1, 0.15) is 31.7 Å². The van der Waals surface area contributed by atoms with Crippen LogP contribution in [0, 0.1) is 5.92 Å². The van der Waals surface area contributed by atoms with Gasteiger partial charge in [0, 0.05) is 13.1 Å². The van der Waals surface area contributed by atoms with E-state index in [9.17, 15) is 13.2 Å². The third-order valence-electron chi connectivity index (χ3n) is 6.17. The van der Waals surface area contributed by atoms with Crippen molar-refractivity contribution in [3.63, 3.8) is 0 Å². The van der Waals surface area contributed by atoms with E-state index >= 15 is 0 Å². The first kappa shape index (κ1) is 26.0. The van der Waals surface area contributed by atoms with E-state index in [4.69, 9.17) is 30.5 Å². The van der Waals surface area contributed by atoms with Crippen LogP contribution in [0.25, 0.3) is 10.2 Å². The number of sulfonamides is 1. The highest BCUT2D eigenvalue weighted by Gasteiger charge is 2.37. The summed E-state index contributed by atoms with van der Waals surface area (Å²) < 4.78 is 45.7. The number of piperidine rings is 1. The molecule has 3 aromatic heterocycles. The van der Waals surface area contributed by atoms with Gasteiger partial charge in [0.25, 0.3) is 10.0 Å². The highest BCUT2D eigenvalue weighted by atomic mass is 35.5. The molecule has 0 bridgehead atoms. The molecule has 13 heteroatoms. The predicted molar refractivity (Wildman–Crippen MR) is 143 cm³/mol. The molecular weight excluding hydrogens is 558 g/mol. The highest BCUT2D eigenvalue weighted by molar-refractivity contribution is 7.91. The van der Waals surface area contributed by atoms with Crippen molar-refractivity contribution in [2.24, 2.45) is 5.92 Å². The second-order valence-electron chi connectivity index (χ2n) is 8.41. The number of methoxy groups -OCH3 is 2. The van der Waals surface area contributed by atoms with Crippen molar-refractivity contribution >= 4 is 65.6 Å². The van der Waals surface area contributed by atoms with Crippen LogP contribution < -0.4 is 14.4 Å². The predicted octanol–water partition coefficient (Wildman–Crippen LogP) is 5.26. The Morgan fingerprint density at radius 3 is 2.65 bits per heavy atom. The molecule has 0 N–H and O–H groups in total. The Labute approximate surface area is 227 Å². The van der Waals surface area contributed by atoms with Gasteiger partial charge >= 0.3 is 0 Å². The second-order valence-corrected chi connectivity index (χ2v) is 13.3. The summed E-state index contributed by atoms with van der Waals surface area (Å²) in [4.78, 5) is 20.3. The molecule has 1 saturated heterocycles. The van der Waals surface area contributed by atoms with Crippen molar-refractivity contribution in [2.75, 3.05) is 32.2 Å². The maximum atomic E-state index is 14.0. The number of nitrogens with zero attached hydrogens (tertiary/aromatic N) is 3. The first-order chi connectivity index (χ1) is 17.8.